The monoisotopic (exact) mass is 1070 g/mol. The van der Waals surface area contributed by atoms with Crippen molar-refractivity contribution in [3.05, 3.63) is 0 Å². The van der Waals surface area contributed by atoms with Gasteiger partial charge in [0.25, 0.3) is 0 Å². The highest BCUT2D eigenvalue weighted by molar-refractivity contribution is 8.12. The summed E-state index contributed by atoms with van der Waals surface area (Å²) >= 11 is 62.8. The predicted molar refractivity (Wildman–Crippen MR) is 306 cm³/mol. The molecular formula is C30H66S20. The van der Waals surface area contributed by atoms with Gasteiger partial charge in [-0.25, -0.2) is 0 Å². The Kier molecular flexibility index (Phi) is 66.2. The maximum Gasteiger partial charge on any atom is 0.0362 e. The Hall–Kier alpha value is 7.00. The first kappa shape index (κ1) is 61.3. The zero-order valence-corrected chi connectivity index (χ0v) is 46.4. The third-order valence-electron chi connectivity index (χ3n) is 5.68. The van der Waals surface area contributed by atoms with Gasteiger partial charge in [0.2, 0.25) is 0 Å². The summed E-state index contributed by atoms with van der Waals surface area (Å²) < 4.78 is 0. The molecule has 0 aromatic rings. The summed E-state index contributed by atoms with van der Waals surface area (Å²) in [7, 11) is 0. The van der Waals surface area contributed by atoms with Crippen molar-refractivity contribution in [1.82, 2.24) is 0 Å². The predicted octanol–water partition coefficient (Wildman–Crippen LogP) is 12.3. The van der Waals surface area contributed by atoms with E-state index in [9.17, 15) is 0 Å². The SMILES string of the molecule is SCCCSCC(CSCCCS)SCCCS.SCCSCC(CSCCS)SCCS.SCSCC(CSCS)(CSCS)CSCS. The van der Waals surface area contributed by atoms with Gasteiger partial charge >= 0.3 is 0 Å². The number of thiol groups is 10. The lowest BCUT2D eigenvalue weighted by atomic mass is 9.99. The summed E-state index contributed by atoms with van der Waals surface area (Å²) in [6.07, 6.45) is 3.69. The van der Waals surface area contributed by atoms with Gasteiger partial charge < -0.3 is 0 Å². The van der Waals surface area contributed by atoms with Crippen molar-refractivity contribution < 1.29 is 0 Å². The molecule has 0 saturated carbocycles. The van der Waals surface area contributed by atoms with Crippen molar-refractivity contribution in [3.63, 3.8) is 0 Å². The van der Waals surface area contributed by atoms with Gasteiger partial charge in [0.05, 0.1) is 0 Å². The largest absolute Gasteiger partial charge is 0.179 e. The molecule has 0 nitrogen and oxygen atoms in total. The van der Waals surface area contributed by atoms with E-state index in [1.165, 1.54) is 82.5 Å². The first-order valence-corrected chi connectivity index (χ1v) is 34.0. The van der Waals surface area contributed by atoms with Crippen LogP contribution in [0, 0.1) is 5.41 Å². The fraction of sp³-hybridized carbons (Fsp3) is 1.00. The standard InChI is InChI=1S/C12H26S6.C9H20S8.C9H20S6/c13-4-1-7-16-10-12(18-9-3-6-15)11-17-8-2-5-14;10-5-14-1-9(2-15-6-11,3-16-7-12)4-17-8-13;10-1-4-13-7-9(15-6-3-12)8-14-5-2-11/h12-15H,1-11H2;10-13H,1-8H2;9-12H,1-8H2. The highest BCUT2D eigenvalue weighted by atomic mass is 32.2. The third-order valence-corrected chi connectivity index (χ3v) is 22.5. The molecule has 0 heterocycles. The van der Waals surface area contributed by atoms with Crippen LogP contribution in [0.4, 0.5) is 0 Å². The van der Waals surface area contributed by atoms with E-state index in [1.807, 2.05) is 70.6 Å². The second-order valence-corrected chi connectivity index (χ2v) is 27.1. The summed E-state index contributed by atoms with van der Waals surface area (Å²) in [5.74, 6) is 23.0. The fourth-order valence-corrected chi connectivity index (χ4v) is 18.1. The first-order chi connectivity index (χ1) is 24.4. The zero-order valence-electron chi connectivity index (χ0n) is 29.3. The van der Waals surface area contributed by atoms with E-state index < -0.39 is 0 Å². The highest BCUT2D eigenvalue weighted by Crippen LogP contribution is 2.36. The summed E-state index contributed by atoms with van der Waals surface area (Å²) in [5.41, 5.74) is 0.363. The number of hydrogen-bond acceptors (Lipinski definition) is 20. The molecule has 0 unspecified atom stereocenters. The number of hydrogen-bond donors (Lipinski definition) is 10. The van der Waals surface area contributed by atoms with Crippen LogP contribution in [0.25, 0.3) is 0 Å². The Balaban J connectivity index is -0.000000666. The molecule has 0 bridgehead atoms. The van der Waals surface area contributed by atoms with Gasteiger partial charge in [0.1, 0.15) is 0 Å². The van der Waals surface area contributed by atoms with Crippen LogP contribution in [0.3, 0.4) is 0 Å². The van der Waals surface area contributed by atoms with Gasteiger partial charge in [-0.3, -0.25) is 0 Å². The molecule has 0 N–H and O–H groups in total. The van der Waals surface area contributed by atoms with Gasteiger partial charge in [0.15, 0.2) is 0 Å². The van der Waals surface area contributed by atoms with Gasteiger partial charge in [0, 0.05) is 99.5 Å². The van der Waals surface area contributed by atoms with Crippen molar-refractivity contribution in [2.45, 2.75) is 29.8 Å². The Morgan fingerprint density at radius 1 is 0.320 bits per heavy atom. The van der Waals surface area contributed by atoms with E-state index in [4.69, 9.17) is 0 Å². The molecule has 0 fully saturated rings. The minimum absolute atomic E-state index is 0.363. The van der Waals surface area contributed by atoms with E-state index in [-0.39, 0.29) is 0 Å². The molecular weight excluding hydrogens is 1000 g/mol. The molecule has 0 aliphatic carbocycles. The van der Waals surface area contributed by atoms with E-state index >= 15 is 0 Å². The molecule has 0 atom stereocenters. The molecule has 306 valence electrons. The van der Waals surface area contributed by atoms with Crippen molar-refractivity contribution in [3.8, 4) is 0 Å². The molecule has 0 rings (SSSR count). The molecule has 0 aromatic carbocycles. The second-order valence-electron chi connectivity index (χ2n) is 10.1. The van der Waals surface area contributed by atoms with Crippen LogP contribution < -0.4 is 0 Å². The smallest absolute Gasteiger partial charge is 0.0362 e. The fourth-order valence-electron chi connectivity index (χ4n) is 3.44. The van der Waals surface area contributed by atoms with Crippen LogP contribution in [0.1, 0.15) is 19.3 Å². The van der Waals surface area contributed by atoms with Crippen LogP contribution in [-0.2, 0) is 0 Å². The van der Waals surface area contributed by atoms with Crippen molar-refractivity contribution in [1.29, 1.82) is 0 Å². The van der Waals surface area contributed by atoms with Gasteiger partial charge in [-0.2, -0.15) is 244 Å². The lowest BCUT2D eigenvalue weighted by molar-refractivity contribution is 0.517. The Bertz CT molecular complexity index is 537. The molecule has 0 aromatic heterocycles. The van der Waals surface area contributed by atoms with Gasteiger partial charge in [-0.15, -0.1) is 0 Å². The van der Waals surface area contributed by atoms with Crippen molar-refractivity contribution in [2.75, 3.05) is 135 Å². The number of rotatable bonds is 37. The van der Waals surface area contributed by atoms with Crippen molar-refractivity contribution >= 4 is 244 Å². The van der Waals surface area contributed by atoms with Gasteiger partial charge in [-0.1, -0.05) is 0 Å². The quantitative estimate of drug-likeness (QED) is 0.0165. The first-order valence-electron chi connectivity index (χ1n) is 16.4. The van der Waals surface area contributed by atoms with Crippen LogP contribution in [0.2, 0.25) is 0 Å². The van der Waals surface area contributed by atoms with E-state index in [2.05, 4.69) is 173 Å². The zero-order chi connectivity index (χ0) is 37.8. The van der Waals surface area contributed by atoms with E-state index in [0.717, 1.165) is 82.6 Å². The Morgan fingerprint density at radius 2 is 0.620 bits per heavy atom. The summed E-state index contributed by atoms with van der Waals surface area (Å²) in [4.78, 5) is 0. The van der Waals surface area contributed by atoms with E-state index in [0.29, 0.717) is 5.41 Å². The molecule has 0 saturated heterocycles. The minimum Gasteiger partial charge on any atom is -0.179 e. The lowest BCUT2D eigenvalue weighted by Crippen LogP contribution is -2.33. The third kappa shape index (κ3) is 47.7. The maximum atomic E-state index is 4.30. The summed E-state index contributed by atoms with van der Waals surface area (Å²) in [5, 5.41) is 5.15. The summed E-state index contributed by atoms with van der Waals surface area (Å²) in [6.45, 7) is 0. The van der Waals surface area contributed by atoms with Gasteiger partial charge in [-0.05, 0) is 71.0 Å². The molecule has 0 amide bonds. The summed E-state index contributed by atoms with van der Waals surface area (Å²) in [6, 6.07) is 0. The molecule has 0 aliphatic heterocycles. The van der Waals surface area contributed by atoms with Crippen LogP contribution in [0.5, 0.6) is 0 Å². The normalized spacial score (nSPS) is 11.5. The topological polar surface area (TPSA) is 0 Å². The lowest BCUT2D eigenvalue weighted by Gasteiger charge is -2.32. The van der Waals surface area contributed by atoms with Crippen LogP contribution in [0.15, 0.2) is 0 Å². The van der Waals surface area contributed by atoms with Crippen LogP contribution in [-0.4, -0.2) is 146 Å². The Labute approximate surface area is 408 Å². The second kappa shape index (κ2) is 54.0. The molecule has 20 heteroatoms. The minimum atomic E-state index is 0.363. The molecule has 50 heavy (non-hydrogen) atoms. The highest BCUT2D eigenvalue weighted by Gasteiger charge is 2.29. The van der Waals surface area contributed by atoms with E-state index in [1.54, 1.807) is 0 Å². The molecule has 0 radical (unpaired) electrons. The average Bonchev–Trinajstić information content (AvgIpc) is 3.13. The number of thioether (sulfide) groups is 10. The Morgan fingerprint density at radius 3 is 0.920 bits per heavy atom. The molecule has 0 spiro atoms. The van der Waals surface area contributed by atoms with Crippen molar-refractivity contribution in [2.24, 2.45) is 5.41 Å². The average molecular weight is 1070 g/mol. The van der Waals surface area contributed by atoms with Crippen LogP contribution >= 0.6 is 244 Å². The molecule has 0 aliphatic rings. The maximum absolute atomic E-state index is 4.30.